The van der Waals surface area contributed by atoms with Gasteiger partial charge >= 0.3 is 86.9 Å². The van der Waals surface area contributed by atoms with Gasteiger partial charge in [-0.05, 0) is 0 Å². The number of hydrogen-bond donors (Lipinski definition) is 1. The maximum absolute atomic E-state index is 11.6. The Morgan fingerprint density at radius 2 is 2.23 bits per heavy atom. The number of carbonyl (C=O) groups excluding carboxylic acids is 1. The zero-order valence-corrected chi connectivity index (χ0v) is 11.7. The molecule has 0 saturated carbocycles. The van der Waals surface area contributed by atoms with Gasteiger partial charge in [0, 0.05) is 0 Å². The monoisotopic (exact) mass is 285 g/mol. The molecule has 0 aromatic heterocycles. The maximum atomic E-state index is 11.6. The molecule has 72 valence electrons. The molecule has 0 fully saturated rings. The Morgan fingerprint density at radius 1 is 1.62 bits per heavy atom. The van der Waals surface area contributed by atoms with Gasteiger partial charge in [-0.1, -0.05) is 0 Å². The van der Waals surface area contributed by atoms with Crippen molar-refractivity contribution in [1.29, 1.82) is 0 Å². The number of rotatable bonds is 1. The van der Waals surface area contributed by atoms with Gasteiger partial charge in [0.2, 0.25) is 0 Å². The van der Waals surface area contributed by atoms with E-state index in [1.54, 1.807) is 0 Å². The fourth-order valence-electron chi connectivity index (χ4n) is 1.29. The van der Waals surface area contributed by atoms with Crippen molar-refractivity contribution in [2.24, 2.45) is 5.73 Å². The van der Waals surface area contributed by atoms with Crippen LogP contribution in [-0.2, 0) is 4.74 Å². The number of nitrogens with two attached hydrogens (primary N) is 1. The van der Waals surface area contributed by atoms with Crippen LogP contribution in [0.5, 0.6) is 0 Å². The molecule has 0 aromatic rings. The normalized spacial score (nSPS) is 22.2. The summed E-state index contributed by atoms with van der Waals surface area (Å²) in [4.78, 5) is 11.6. The summed E-state index contributed by atoms with van der Waals surface area (Å²) >= 11 is -2.34. The van der Waals surface area contributed by atoms with E-state index in [0.717, 1.165) is 6.42 Å². The van der Waals surface area contributed by atoms with Gasteiger partial charge in [0.05, 0.1) is 0 Å². The first-order valence-electron chi connectivity index (χ1n) is 4.55. The van der Waals surface area contributed by atoms with E-state index in [0.29, 0.717) is 0 Å². The van der Waals surface area contributed by atoms with Crippen LogP contribution in [0.1, 0.15) is 27.2 Å². The van der Waals surface area contributed by atoms with Crippen LogP contribution in [0.25, 0.3) is 0 Å². The van der Waals surface area contributed by atoms with Crippen LogP contribution in [0.4, 0.5) is 4.79 Å². The summed E-state index contributed by atoms with van der Waals surface area (Å²) in [7, 11) is 0. The second kappa shape index (κ2) is 4.05. The Morgan fingerprint density at radius 3 is 2.62 bits per heavy atom. The van der Waals surface area contributed by atoms with Crippen molar-refractivity contribution in [3.05, 3.63) is 9.91 Å². The van der Waals surface area contributed by atoms with E-state index in [1.807, 2.05) is 30.7 Å². The molecule has 0 aromatic carbocycles. The van der Waals surface area contributed by atoms with Crippen molar-refractivity contribution < 1.29 is 9.53 Å². The summed E-state index contributed by atoms with van der Waals surface area (Å²) in [6.45, 7) is 5.67. The first-order chi connectivity index (χ1) is 5.90. The van der Waals surface area contributed by atoms with Gasteiger partial charge in [-0.3, -0.25) is 0 Å². The average molecular weight is 285 g/mol. The summed E-state index contributed by atoms with van der Waals surface area (Å²) in [5.74, 6) is 0. The standard InChI is InChI=1S/C5H9O2.C4H7N.In/c1-5(2,3)7-4-6;1-2-3-4-5;/h1-3H3;1-2,4H,3,5H2;. The topological polar surface area (TPSA) is 52.3 Å². The van der Waals surface area contributed by atoms with Crippen molar-refractivity contribution in [2.75, 3.05) is 0 Å². The number of hydrogen-bond acceptors (Lipinski definition) is 3. The van der Waals surface area contributed by atoms with Gasteiger partial charge in [0.15, 0.2) is 0 Å². The van der Waals surface area contributed by atoms with Gasteiger partial charge < -0.3 is 0 Å². The second-order valence-corrected chi connectivity index (χ2v) is 12.3. The quantitative estimate of drug-likeness (QED) is 0.791. The molecule has 0 radical (unpaired) electrons. The number of carbonyl (C=O) groups is 1. The molecule has 1 heterocycles. The molecule has 1 aliphatic heterocycles. The predicted octanol–water partition coefficient (Wildman–Crippen LogP) is 1.36. The third kappa shape index (κ3) is 3.35. The minimum atomic E-state index is -2.34. The van der Waals surface area contributed by atoms with E-state index < -0.39 is 21.4 Å². The summed E-state index contributed by atoms with van der Waals surface area (Å²) in [5, 5.41) is 0. The Balaban J connectivity index is 2.53. The van der Waals surface area contributed by atoms with Crippen LogP contribution in [0, 0.1) is 0 Å². The molecule has 0 bridgehead atoms. The predicted molar refractivity (Wildman–Crippen MR) is 53.7 cm³/mol. The van der Waals surface area contributed by atoms with Gasteiger partial charge in [0.25, 0.3) is 0 Å². The molecule has 3 nitrogen and oxygen atoms in total. The van der Waals surface area contributed by atoms with Crippen LogP contribution in [0.2, 0.25) is 0 Å². The Labute approximate surface area is 86.9 Å². The first kappa shape index (κ1) is 11.1. The number of ether oxygens (including phenoxy) is 1. The van der Waals surface area contributed by atoms with Crippen molar-refractivity contribution >= 4 is 25.2 Å². The molecule has 1 rings (SSSR count). The van der Waals surface area contributed by atoms with E-state index in [1.165, 1.54) is 0 Å². The Bertz CT molecular complexity index is 232. The van der Waals surface area contributed by atoms with Gasteiger partial charge in [0.1, 0.15) is 0 Å². The molecule has 1 aliphatic rings. The molecule has 0 amide bonds. The van der Waals surface area contributed by atoms with Crippen molar-refractivity contribution in [2.45, 2.75) is 36.6 Å². The summed E-state index contributed by atoms with van der Waals surface area (Å²) in [5.41, 5.74) is 5.46. The van der Waals surface area contributed by atoms with E-state index in [-0.39, 0.29) is 13.1 Å². The molecule has 1 unspecified atom stereocenters. The zero-order valence-electron chi connectivity index (χ0n) is 8.41. The van der Waals surface area contributed by atoms with E-state index in [2.05, 4.69) is 0 Å². The van der Waals surface area contributed by atoms with Gasteiger partial charge in [-0.15, -0.1) is 0 Å². The van der Waals surface area contributed by atoms with Crippen molar-refractivity contribution in [3.8, 4) is 0 Å². The third-order valence-corrected chi connectivity index (χ3v) is 9.15. The zero-order chi connectivity index (χ0) is 10.1. The van der Waals surface area contributed by atoms with Crippen molar-refractivity contribution in [3.63, 3.8) is 0 Å². The molecule has 0 saturated heterocycles. The molecule has 0 aliphatic carbocycles. The molecule has 13 heavy (non-hydrogen) atoms. The summed E-state index contributed by atoms with van der Waals surface area (Å²) in [6.07, 6.45) is 2.88. The summed E-state index contributed by atoms with van der Waals surface area (Å²) in [6, 6.07) is 0. The fourth-order valence-corrected chi connectivity index (χ4v) is 7.52. The fraction of sp³-hybridized carbons (Fsp3) is 0.667. The Hall–Kier alpha value is 0.0401. The average Bonchev–Trinajstić information content (AvgIpc) is 2.30. The van der Waals surface area contributed by atoms with Crippen LogP contribution >= 0.6 is 0 Å². The van der Waals surface area contributed by atoms with E-state index >= 15 is 0 Å². The van der Waals surface area contributed by atoms with Gasteiger partial charge in [-0.25, -0.2) is 0 Å². The molecule has 1 atom stereocenters. The van der Waals surface area contributed by atoms with Crippen molar-refractivity contribution in [1.82, 2.24) is 0 Å². The SMILES string of the molecule is CC(C)(C)O[C](=O)[In]1[CH]=CC[CH]1N. The van der Waals surface area contributed by atoms with E-state index in [9.17, 15) is 4.79 Å². The van der Waals surface area contributed by atoms with Crippen LogP contribution in [0.15, 0.2) is 9.91 Å². The Kier molecular flexibility index (Phi) is 3.46. The molecule has 2 N–H and O–H groups in total. The van der Waals surface area contributed by atoms with Crippen LogP contribution < -0.4 is 5.73 Å². The second-order valence-electron chi connectivity index (χ2n) is 4.39. The van der Waals surface area contributed by atoms with E-state index in [4.69, 9.17) is 10.5 Å². The molecular formula is C9H16InNO2. The van der Waals surface area contributed by atoms with Crippen LogP contribution in [-0.4, -0.2) is 34.6 Å². The first-order valence-corrected chi connectivity index (χ1v) is 10.0. The molecular weight excluding hydrogens is 269 g/mol. The molecule has 0 spiro atoms. The summed E-state index contributed by atoms with van der Waals surface area (Å²) < 4.78 is 7.46. The third-order valence-electron chi connectivity index (χ3n) is 1.89. The van der Waals surface area contributed by atoms with Gasteiger partial charge in [-0.2, -0.15) is 0 Å². The minimum absolute atomic E-state index is 0.00412. The van der Waals surface area contributed by atoms with Crippen LogP contribution in [0.3, 0.4) is 0 Å². The molecule has 4 heteroatoms.